The van der Waals surface area contributed by atoms with Crippen LogP contribution in [0.1, 0.15) is 38.5 Å². The molecule has 72 valence electrons. The summed E-state index contributed by atoms with van der Waals surface area (Å²) in [6.45, 7) is 0. The summed E-state index contributed by atoms with van der Waals surface area (Å²) >= 11 is 0. The second kappa shape index (κ2) is 2.28. The van der Waals surface area contributed by atoms with Crippen molar-refractivity contribution in [1.82, 2.24) is 0 Å². The molecule has 0 saturated heterocycles. The highest BCUT2D eigenvalue weighted by molar-refractivity contribution is 5.76. The maximum absolute atomic E-state index is 11.4. The van der Waals surface area contributed by atoms with Crippen LogP contribution in [0, 0.1) is 23.2 Å². The predicted octanol–water partition coefficient (Wildman–Crippen LogP) is 2.29. The van der Waals surface area contributed by atoms with Crippen molar-refractivity contribution in [3.8, 4) is 0 Å². The summed E-state index contributed by atoms with van der Waals surface area (Å²) in [7, 11) is 0. The molecule has 2 heteroatoms. The fourth-order valence-corrected chi connectivity index (χ4v) is 3.91. The average molecular weight is 180 g/mol. The zero-order valence-corrected chi connectivity index (χ0v) is 7.83. The van der Waals surface area contributed by atoms with Gasteiger partial charge in [-0.15, -0.1) is 0 Å². The highest BCUT2D eigenvalue weighted by atomic mass is 16.4. The minimum absolute atomic E-state index is 0.261. The molecule has 1 N–H and O–H groups in total. The average Bonchev–Trinajstić information content (AvgIpc) is 2.76. The third-order valence-corrected chi connectivity index (χ3v) is 4.60. The van der Waals surface area contributed by atoms with Crippen LogP contribution in [0.4, 0.5) is 0 Å². The Morgan fingerprint density at radius 3 is 2.23 bits per heavy atom. The van der Waals surface area contributed by atoms with Crippen molar-refractivity contribution in [2.75, 3.05) is 0 Å². The number of rotatable bonds is 2. The van der Waals surface area contributed by atoms with Gasteiger partial charge in [-0.05, 0) is 49.9 Å². The lowest BCUT2D eigenvalue weighted by molar-refractivity contribution is -0.154. The molecular formula is C11H16O2. The summed E-state index contributed by atoms with van der Waals surface area (Å²) < 4.78 is 0. The number of hydrogen-bond donors (Lipinski definition) is 1. The van der Waals surface area contributed by atoms with Gasteiger partial charge in [0.1, 0.15) is 0 Å². The minimum atomic E-state index is -0.484. The number of carboxylic acids is 1. The lowest BCUT2D eigenvalue weighted by Crippen LogP contribution is -2.38. The molecule has 0 heterocycles. The lowest BCUT2D eigenvalue weighted by atomic mass is 9.69. The molecule has 2 bridgehead atoms. The summed E-state index contributed by atoms with van der Waals surface area (Å²) in [5.41, 5.74) is -0.261. The molecule has 0 aromatic rings. The Kier molecular flexibility index (Phi) is 1.38. The molecule has 3 aliphatic carbocycles. The summed E-state index contributed by atoms with van der Waals surface area (Å²) in [6, 6.07) is 0. The van der Waals surface area contributed by atoms with Crippen LogP contribution in [0.15, 0.2) is 0 Å². The number of fused-ring (bicyclic) bond motifs is 2. The Morgan fingerprint density at radius 1 is 1.15 bits per heavy atom. The lowest BCUT2D eigenvalue weighted by Gasteiger charge is -2.33. The van der Waals surface area contributed by atoms with E-state index in [1.807, 2.05) is 0 Å². The van der Waals surface area contributed by atoms with Gasteiger partial charge in [-0.3, -0.25) is 4.79 Å². The first-order chi connectivity index (χ1) is 6.23. The van der Waals surface area contributed by atoms with Crippen molar-refractivity contribution >= 4 is 5.97 Å². The van der Waals surface area contributed by atoms with E-state index < -0.39 is 5.97 Å². The van der Waals surface area contributed by atoms with E-state index in [2.05, 4.69) is 0 Å². The van der Waals surface area contributed by atoms with Gasteiger partial charge in [-0.25, -0.2) is 0 Å². The largest absolute Gasteiger partial charge is 0.481 e. The van der Waals surface area contributed by atoms with Crippen molar-refractivity contribution < 1.29 is 9.90 Å². The Hall–Kier alpha value is -0.530. The SMILES string of the molecule is O=C(O)C1(C2CC2)CC2CCC1C2. The molecule has 3 saturated carbocycles. The van der Waals surface area contributed by atoms with Gasteiger partial charge in [0.25, 0.3) is 0 Å². The molecule has 3 fully saturated rings. The molecule has 0 aliphatic heterocycles. The Morgan fingerprint density at radius 2 is 1.85 bits per heavy atom. The first-order valence-electron chi connectivity index (χ1n) is 5.47. The molecule has 0 aromatic carbocycles. The number of carboxylic acid groups (broad SMARTS) is 1. The second-order valence-corrected chi connectivity index (χ2v) is 5.20. The minimum Gasteiger partial charge on any atom is -0.481 e. The summed E-state index contributed by atoms with van der Waals surface area (Å²) in [6.07, 6.45) is 7.05. The van der Waals surface area contributed by atoms with Crippen molar-refractivity contribution in [1.29, 1.82) is 0 Å². The maximum atomic E-state index is 11.4. The molecule has 0 radical (unpaired) electrons. The van der Waals surface area contributed by atoms with Gasteiger partial charge in [0, 0.05) is 0 Å². The first kappa shape index (κ1) is 7.84. The topological polar surface area (TPSA) is 37.3 Å². The van der Waals surface area contributed by atoms with E-state index in [9.17, 15) is 9.90 Å². The van der Waals surface area contributed by atoms with E-state index in [1.165, 1.54) is 32.1 Å². The molecule has 0 aromatic heterocycles. The number of hydrogen-bond acceptors (Lipinski definition) is 1. The van der Waals surface area contributed by atoms with Gasteiger partial charge < -0.3 is 5.11 Å². The predicted molar refractivity (Wildman–Crippen MR) is 48.2 cm³/mol. The van der Waals surface area contributed by atoms with Crippen LogP contribution in [0.2, 0.25) is 0 Å². The smallest absolute Gasteiger partial charge is 0.310 e. The van der Waals surface area contributed by atoms with Crippen LogP contribution in [0.25, 0.3) is 0 Å². The fraction of sp³-hybridized carbons (Fsp3) is 0.909. The van der Waals surface area contributed by atoms with E-state index in [0.717, 1.165) is 12.3 Å². The van der Waals surface area contributed by atoms with Crippen molar-refractivity contribution in [3.05, 3.63) is 0 Å². The van der Waals surface area contributed by atoms with Gasteiger partial charge in [0.15, 0.2) is 0 Å². The normalized spacial score (nSPS) is 48.3. The van der Waals surface area contributed by atoms with Gasteiger partial charge in [0.2, 0.25) is 0 Å². The molecular weight excluding hydrogens is 164 g/mol. The third kappa shape index (κ3) is 0.866. The van der Waals surface area contributed by atoms with E-state index in [-0.39, 0.29) is 5.41 Å². The summed E-state index contributed by atoms with van der Waals surface area (Å²) in [5, 5.41) is 9.40. The summed E-state index contributed by atoms with van der Waals surface area (Å²) in [5.74, 6) is 1.34. The van der Waals surface area contributed by atoms with Crippen LogP contribution in [-0.4, -0.2) is 11.1 Å². The van der Waals surface area contributed by atoms with Gasteiger partial charge in [-0.1, -0.05) is 6.42 Å². The van der Waals surface area contributed by atoms with Gasteiger partial charge in [0.05, 0.1) is 5.41 Å². The standard InChI is InChI=1S/C11H16O2/c12-10(13)11(8-3-4-8)6-7-1-2-9(11)5-7/h7-9H,1-6H2,(H,12,13). The van der Waals surface area contributed by atoms with Crippen LogP contribution >= 0.6 is 0 Å². The van der Waals surface area contributed by atoms with Gasteiger partial charge in [-0.2, -0.15) is 0 Å². The zero-order valence-electron chi connectivity index (χ0n) is 7.83. The van der Waals surface area contributed by atoms with Crippen molar-refractivity contribution in [3.63, 3.8) is 0 Å². The molecule has 3 atom stereocenters. The highest BCUT2D eigenvalue weighted by Gasteiger charge is 2.62. The Labute approximate surface area is 78.3 Å². The molecule has 0 amide bonds. The van der Waals surface area contributed by atoms with Crippen LogP contribution in [0.3, 0.4) is 0 Å². The van der Waals surface area contributed by atoms with Crippen LogP contribution < -0.4 is 0 Å². The molecule has 2 nitrogen and oxygen atoms in total. The molecule has 3 rings (SSSR count). The van der Waals surface area contributed by atoms with Crippen LogP contribution in [-0.2, 0) is 4.79 Å². The van der Waals surface area contributed by atoms with Crippen molar-refractivity contribution in [2.45, 2.75) is 38.5 Å². The van der Waals surface area contributed by atoms with Gasteiger partial charge >= 0.3 is 5.97 Å². The first-order valence-corrected chi connectivity index (χ1v) is 5.47. The Bertz CT molecular complexity index is 257. The quantitative estimate of drug-likeness (QED) is 0.708. The molecule has 3 unspecified atom stereocenters. The van der Waals surface area contributed by atoms with E-state index in [1.54, 1.807) is 0 Å². The molecule has 3 aliphatic rings. The maximum Gasteiger partial charge on any atom is 0.310 e. The van der Waals surface area contributed by atoms with Crippen LogP contribution in [0.5, 0.6) is 0 Å². The Balaban J connectivity index is 1.95. The number of aliphatic carboxylic acids is 1. The zero-order chi connectivity index (χ0) is 9.05. The van der Waals surface area contributed by atoms with E-state index >= 15 is 0 Å². The van der Waals surface area contributed by atoms with E-state index in [4.69, 9.17) is 0 Å². The third-order valence-electron chi connectivity index (χ3n) is 4.60. The molecule has 0 spiro atoms. The summed E-state index contributed by atoms with van der Waals surface area (Å²) in [4.78, 5) is 11.4. The monoisotopic (exact) mass is 180 g/mol. The highest BCUT2D eigenvalue weighted by Crippen LogP contribution is 2.64. The van der Waals surface area contributed by atoms with Crippen molar-refractivity contribution in [2.24, 2.45) is 23.2 Å². The second-order valence-electron chi connectivity index (χ2n) is 5.20. The number of carbonyl (C=O) groups is 1. The fourth-order valence-electron chi connectivity index (χ4n) is 3.91. The molecule has 13 heavy (non-hydrogen) atoms. The van der Waals surface area contributed by atoms with E-state index in [0.29, 0.717) is 11.8 Å².